The summed E-state index contributed by atoms with van der Waals surface area (Å²) < 4.78 is 13.2. The highest BCUT2D eigenvalue weighted by Crippen LogP contribution is 2.25. The zero-order chi connectivity index (χ0) is 14.6. The van der Waals surface area contributed by atoms with Crippen LogP contribution >= 0.6 is 0 Å². The number of halogens is 1. The quantitative estimate of drug-likeness (QED) is 0.862. The summed E-state index contributed by atoms with van der Waals surface area (Å²) in [5, 5.41) is 11.3. The molecule has 1 rings (SSSR count). The summed E-state index contributed by atoms with van der Waals surface area (Å²) in [6, 6.07) is 4.25. The number of carbonyl (C=O) groups excluding carboxylic acids is 1. The second-order valence-corrected chi connectivity index (χ2v) is 5.48. The fraction of sp³-hybridized carbons (Fsp3) is 0.429. The number of carboxylic acids is 1. The van der Waals surface area contributed by atoms with Crippen molar-refractivity contribution >= 4 is 17.6 Å². The molecule has 0 bridgehead atoms. The van der Waals surface area contributed by atoms with Crippen LogP contribution in [-0.4, -0.2) is 17.0 Å². The van der Waals surface area contributed by atoms with Gasteiger partial charge in [-0.1, -0.05) is 13.8 Å². The van der Waals surface area contributed by atoms with Crippen LogP contribution in [0.5, 0.6) is 0 Å². The van der Waals surface area contributed by atoms with E-state index in [1.54, 1.807) is 26.8 Å². The van der Waals surface area contributed by atoms with Crippen molar-refractivity contribution in [1.29, 1.82) is 0 Å². The van der Waals surface area contributed by atoms with Crippen LogP contribution in [0, 0.1) is 18.2 Å². The van der Waals surface area contributed by atoms with E-state index in [9.17, 15) is 14.0 Å². The Bertz CT molecular complexity index is 477. The van der Waals surface area contributed by atoms with Crippen molar-refractivity contribution in [3.63, 3.8) is 0 Å². The molecule has 0 radical (unpaired) electrons. The lowest BCUT2D eigenvalue weighted by molar-refractivity contribution is -0.139. The predicted molar refractivity (Wildman–Crippen MR) is 70.4 cm³/mol. The second-order valence-electron chi connectivity index (χ2n) is 5.48. The molecule has 5 heteroatoms. The standard InChI is InChI=1S/C14H18FNO3/c1-9-4-10(15)6-11(5-9)16-12(17)7-14(2,3)8-13(18)19/h4-6H,7-8H2,1-3H3,(H,16,17)(H,18,19). The van der Waals surface area contributed by atoms with Crippen molar-refractivity contribution in [3.8, 4) is 0 Å². The summed E-state index contributed by atoms with van der Waals surface area (Å²) in [7, 11) is 0. The van der Waals surface area contributed by atoms with Gasteiger partial charge in [0, 0.05) is 12.1 Å². The molecule has 0 fully saturated rings. The number of amides is 1. The molecule has 0 aliphatic rings. The number of aliphatic carboxylic acids is 1. The van der Waals surface area contributed by atoms with Crippen molar-refractivity contribution < 1.29 is 19.1 Å². The lowest BCUT2D eigenvalue weighted by Gasteiger charge is -2.21. The molecule has 1 aromatic rings. The minimum atomic E-state index is -0.945. The van der Waals surface area contributed by atoms with E-state index in [2.05, 4.69) is 5.32 Å². The SMILES string of the molecule is Cc1cc(F)cc(NC(=O)CC(C)(C)CC(=O)O)c1. The molecule has 19 heavy (non-hydrogen) atoms. The highest BCUT2D eigenvalue weighted by Gasteiger charge is 2.25. The number of nitrogens with one attached hydrogen (secondary N) is 1. The first-order valence-corrected chi connectivity index (χ1v) is 5.97. The number of aryl methyl sites for hydroxylation is 1. The van der Waals surface area contributed by atoms with Crippen molar-refractivity contribution in [2.45, 2.75) is 33.6 Å². The first kappa shape index (κ1) is 15.1. The summed E-state index contributed by atoms with van der Waals surface area (Å²) in [6.45, 7) is 5.14. The summed E-state index contributed by atoms with van der Waals surface area (Å²) in [4.78, 5) is 22.5. The van der Waals surface area contributed by atoms with Crippen molar-refractivity contribution in [1.82, 2.24) is 0 Å². The summed E-state index contributed by atoms with van der Waals surface area (Å²) in [5.41, 5.74) is 0.451. The van der Waals surface area contributed by atoms with Gasteiger partial charge in [-0.2, -0.15) is 0 Å². The molecule has 0 heterocycles. The smallest absolute Gasteiger partial charge is 0.303 e. The van der Waals surface area contributed by atoms with Gasteiger partial charge in [0.2, 0.25) is 5.91 Å². The van der Waals surface area contributed by atoms with Gasteiger partial charge >= 0.3 is 5.97 Å². The molecule has 104 valence electrons. The Morgan fingerprint density at radius 3 is 2.42 bits per heavy atom. The van der Waals surface area contributed by atoms with E-state index in [1.807, 2.05) is 0 Å². The van der Waals surface area contributed by atoms with Gasteiger partial charge in [0.25, 0.3) is 0 Å². The molecular formula is C14H18FNO3. The van der Waals surface area contributed by atoms with Gasteiger partial charge in [-0.15, -0.1) is 0 Å². The van der Waals surface area contributed by atoms with Gasteiger partial charge < -0.3 is 10.4 Å². The van der Waals surface area contributed by atoms with E-state index in [0.29, 0.717) is 11.3 Å². The maximum absolute atomic E-state index is 13.2. The Morgan fingerprint density at radius 1 is 1.26 bits per heavy atom. The maximum atomic E-state index is 13.2. The van der Waals surface area contributed by atoms with Gasteiger partial charge in [-0.05, 0) is 36.1 Å². The van der Waals surface area contributed by atoms with Crippen LogP contribution in [0.3, 0.4) is 0 Å². The number of hydrogen-bond donors (Lipinski definition) is 2. The number of benzene rings is 1. The molecule has 0 unspecified atom stereocenters. The third kappa shape index (κ3) is 5.50. The van der Waals surface area contributed by atoms with Crippen LogP contribution in [0.15, 0.2) is 18.2 Å². The molecule has 0 saturated carbocycles. The molecule has 0 aromatic heterocycles. The molecule has 0 aliphatic carbocycles. The average Bonchev–Trinajstić information content (AvgIpc) is 2.10. The Labute approximate surface area is 111 Å². The van der Waals surface area contributed by atoms with Crippen LogP contribution < -0.4 is 5.32 Å². The Balaban J connectivity index is 2.67. The van der Waals surface area contributed by atoms with Gasteiger partial charge in [-0.25, -0.2) is 4.39 Å². The van der Waals surface area contributed by atoms with Crippen LogP contribution in [-0.2, 0) is 9.59 Å². The van der Waals surface area contributed by atoms with Crippen LogP contribution in [0.1, 0.15) is 32.3 Å². The lowest BCUT2D eigenvalue weighted by Crippen LogP contribution is -2.24. The molecule has 2 N–H and O–H groups in total. The minimum absolute atomic E-state index is 0.0643. The summed E-state index contributed by atoms with van der Waals surface area (Å²) >= 11 is 0. The van der Waals surface area contributed by atoms with Gasteiger partial charge in [0.05, 0.1) is 6.42 Å². The Hall–Kier alpha value is -1.91. The fourth-order valence-corrected chi connectivity index (χ4v) is 1.92. The maximum Gasteiger partial charge on any atom is 0.303 e. The second kappa shape index (κ2) is 5.82. The molecule has 1 aromatic carbocycles. The van der Waals surface area contributed by atoms with Gasteiger partial charge in [0.15, 0.2) is 0 Å². The van der Waals surface area contributed by atoms with E-state index < -0.39 is 17.2 Å². The van der Waals surface area contributed by atoms with E-state index in [1.165, 1.54) is 12.1 Å². The van der Waals surface area contributed by atoms with Crippen LogP contribution in [0.25, 0.3) is 0 Å². The highest BCUT2D eigenvalue weighted by atomic mass is 19.1. The van der Waals surface area contributed by atoms with Gasteiger partial charge in [0.1, 0.15) is 5.82 Å². The highest BCUT2D eigenvalue weighted by molar-refractivity contribution is 5.91. The van der Waals surface area contributed by atoms with Crippen LogP contribution in [0.2, 0.25) is 0 Å². The summed E-state index contributed by atoms with van der Waals surface area (Å²) in [5.74, 6) is -1.68. The monoisotopic (exact) mass is 267 g/mol. The van der Waals surface area contributed by atoms with Crippen molar-refractivity contribution in [2.24, 2.45) is 5.41 Å². The molecule has 1 amide bonds. The van der Waals surface area contributed by atoms with Crippen LogP contribution in [0.4, 0.5) is 10.1 Å². The number of carbonyl (C=O) groups is 2. The van der Waals surface area contributed by atoms with E-state index in [4.69, 9.17) is 5.11 Å². The first-order chi connectivity index (χ1) is 8.68. The van der Waals surface area contributed by atoms with Crippen molar-refractivity contribution in [2.75, 3.05) is 5.32 Å². The van der Waals surface area contributed by atoms with Crippen molar-refractivity contribution in [3.05, 3.63) is 29.6 Å². The molecule has 4 nitrogen and oxygen atoms in total. The average molecular weight is 267 g/mol. The third-order valence-corrected chi connectivity index (χ3v) is 2.59. The number of rotatable bonds is 5. The first-order valence-electron chi connectivity index (χ1n) is 5.97. The minimum Gasteiger partial charge on any atom is -0.481 e. The van der Waals surface area contributed by atoms with E-state index in [-0.39, 0.29) is 18.7 Å². The van der Waals surface area contributed by atoms with E-state index >= 15 is 0 Å². The van der Waals surface area contributed by atoms with E-state index in [0.717, 1.165) is 0 Å². The topological polar surface area (TPSA) is 66.4 Å². The molecular weight excluding hydrogens is 249 g/mol. The zero-order valence-corrected chi connectivity index (χ0v) is 11.3. The predicted octanol–water partition coefficient (Wildman–Crippen LogP) is 2.96. The van der Waals surface area contributed by atoms with Gasteiger partial charge in [-0.3, -0.25) is 9.59 Å². The molecule has 0 aliphatic heterocycles. The number of anilines is 1. The number of hydrogen-bond acceptors (Lipinski definition) is 2. The number of carboxylic acid groups (broad SMARTS) is 1. The Morgan fingerprint density at radius 2 is 1.89 bits per heavy atom. The fourth-order valence-electron chi connectivity index (χ4n) is 1.92. The molecule has 0 spiro atoms. The normalized spacial score (nSPS) is 11.2. The lowest BCUT2D eigenvalue weighted by atomic mass is 9.85. The Kier molecular flexibility index (Phi) is 4.64. The molecule has 0 saturated heterocycles. The largest absolute Gasteiger partial charge is 0.481 e. The third-order valence-electron chi connectivity index (χ3n) is 2.59. The summed E-state index contributed by atoms with van der Waals surface area (Å²) in [6.07, 6.45) is -0.0303. The molecule has 0 atom stereocenters. The zero-order valence-electron chi connectivity index (χ0n) is 11.3.